The topological polar surface area (TPSA) is 182 Å². The van der Waals surface area contributed by atoms with Gasteiger partial charge in [0.05, 0.1) is 18.4 Å². The Balaban J connectivity index is 1.30. The number of rotatable bonds is 6. The van der Waals surface area contributed by atoms with E-state index in [9.17, 15) is 27.6 Å². The van der Waals surface area contributed by atoms with E-state index in [0.29, 0.717) is 31.7 Å². The highest BCUT2D eigenvalue weighted by Crippen LogP contribution is 2.46. The van der Waals surface area contributed by atoms with Crippen LogP contribution in [0.5, 0.6) is 5.88 Å². The van der Waals surface area contributed by atoms with Gasteiger partial charge >= 0.3 is 6.09 Å². The number of nitrogens with zero attached hydrogens (tertiary/aromatic N) is 2. The molecule has 2 unspecified atom stereocenters. The number of fused-ring (bicyclic) bond motifs is 3. The molecule has 2 aliphatic carbocycles. The predicted octanol–water partition coefficient (Wildman–Crippen LogP) is 2.33. The fourth-order valence-corrected chi connectivity index (χ4v) is 7.67. The molecule has 3 N–H and O–H groups in total. The molecular formula is C34H43N5O9S. The monoisotopic (exact) mass is 697 g/mol. The second kappa shape index (κ2) is 13.6. The Kier molecular flexibility index (Phi) is 9.59. The molecule has 4 aliphatic rings. The third-order valence-corrected chi connectivity index (χ3v) is 10.9. The van der Waals surface area contributed by atoms with E-state index in [4.69, 9.17) is 14.2 Å². The third-order valence-electron chi connectivity index (χ3n) is 9.07. The molecule has 15 heteroatoms. The second-order valence-electron chi connectivity index (χ2n) is 14.1. The summed E-state index contributed by atoms with van der Waals surface area (Å²) < 4.78 is 45.2. The molecule has 2 aliphatic heterocycles. The number of carbonyl (C=O) groups excluding carboxylic acids is 4. The number of nitrogens with one attached hydrogen (secondary N) is 3. The molecule has 14 nitrogen and oxygen atoms in total. The molecule has 3 fully saturated rings. The molecule has 1 saturated heterocycles. The Morgan fingerprint density at radius 3 is 2.63 bits per heavy atom. The van der Waals surface area contributed by atoms with Gasteiger partial charge in [0.1, 0.15) is 29.3 Å². The molecule has 0 bridgehead atoms. The fourth-order valence-electron chi connectivity index (χ4n) is 6.31. The first-order valence-electron chi connectivity index (χ1n) is 16.7. The molecule has 4 amide bonds. The highest BCUT2D eigenvalue weighted by atomic mass is 32.2. The Bertz CT molecular complexity index is 1750. The lowest BCUT2D eigenvalue weighted by Gasteiger charge is -2.30. The molecule has 0 spiro atoms. The lowest BCUT2D eigenvalue weighted by Crippen LogP contribution is -2.58. The number of ether oxygens (including phenoxy) is 3. The van der Waals surface area contributed by atoms with Crippen LogP contribution in [0.3, 0.4) is 0 Å². The largest absolute Gasteiger partial charge is 0.472 e. The standard InChI is InChI=1S/C34H43N5O9S/c1-33(2,3)48-32(43)36-26-14-17-46-16-7-6-9-22-19-34(22,31(42)38-49(44,45)24-11-12-24)37-28(40)27-18-23(20-39(27)30(26)41)47-29-25-10-5-4-8-21(25)13-15-35-29/h4-6,8-10,13,15,22-24,26-27H,7,11-12,14,16-20H2,1-3H3,(H,36,43)(H,37,40)(H,38,42)/t22?,23?,26-,27-,34+/m0/s1. The van der Waals surface area contributed by atoms with Crippen LogP contribution in [0.1, 0.15) is 59.3 Å². The van der Waals surface area contributed by atoms with Crippen molar-refractivity contribution in [3.63, 3.8) is 0 Å². The molecule has 5 atom stereocenters. The summed E-state index contributed by atoms with van der Waals surface area (Å²) in [6.45, 7) is 5.54. The normalized spacial score (nSPS) is 27.9. The van der Waals surface area contributed by atoms with Gasteiger partial charge in [-0.25, -0.2) is 18.2 Å². The minimum absolute atomic E-state index is 0.0201. The molecular weight excluding hydrogens is 654 g/mol. The summed E-state index contributed by atoms with van der Waals surface area (Å²) >= 11 is 0. The minimum Gasteiger partial charge on any atom is -0.472 e. The molecule has 6 rings (SSSR count). The van der Waals surface area contributed by atoms with Crippen molar-refractivity contribution in [3.05, 3.63) is 48.7 Å². The summed E-state index contributed by atoms with van der Waals surface area (Å²) in [5.74, 6) is -2.13. The first kappa shape index (κ1) is 34.6. The molecule has 1 aromatic carbocycles. The lowest BCUT2D eigenvalue weighted by molar-refractivity contribution is -0.141. The van der Waals surface area contributed by atoms with Crippen molar-refractivity contribution < 1.29 is 41.8 Å². The maximum atomic E-state index is 14.3. The number of hydrogen-bond donors (Lipinski definition) is 3. The number of pyridine rings is 1. The lowest BCUT2D eigenvalue weighted by atomic mass is 10.1. The van der Waals surface area contributed by atoms with Crippen molar-refractivity contribution in [1.82, 2.24) is 25.2 Å². The van der Waals surface area contributed by atoms with E-state index in [1.54, 1.807) is 33.0 Å². The van der Waals surface area contributed by atoms with Gasteiger partial charge in [0.25, 0.3) is 5.91 Å². The first-order chi connectivity index (χ1) is 23.3. The van der Waals surface area contributed by atoms with E-state index in [1.807, 2.05) is 36.4 Å². The van der Waals surface area contributed by atoms with Gasteiger partial charge in [0.15, 0.2) is 0 Å². The summed E-state index contributed by atoms with van der Waals surface area (Å²) in [4.78, 5) is 60.7. The number of sulfonamides is 1. The highest BCUT2D eigenvalue weighted by Gasteiger charge is 2.62. The summed E-state index contributed by atoms with van der Waals surface area (Å²) in [6.07, 6.45) is 5.52. The summed E-state index contributed by atoms with van der Waals surface area (Å²) in [5, 5.41) is 6.52. The molecule has 3 heterocycles. The van der Waals surface area contributed by atoms with Crippen LogP contribution < -0.4 is 20.1 Å². The number of amides is 4. The van der Waals surface area contributed by atoms with E-state index in [2.05, 4.69) is 20.3 Å². The van der Waals surface area contributed by atoms with Crippen molar-refractivity contribution in [2.45, 2.75) is 93.9 Å². The summed E-state index contributed by atoms with van der Waals surface area (Å²) in [7, 11) is -3.89. The van der Waals surface area contributed by atoms with Crippen LogP contribution in [0.15, 0.2) is 48.7 Å². The number of hydrogen-bond acceptors (Lipinski definition) is 10. The third kappa shape index (κ3) is 7.99. The van der Waals surface area contributed by atoms with Crippen LogP contribution in [0.2, 0.25) is 0 Å². The average molecular weight is 698 g/mol. The van der Waals surface area contributed by atoms with Crippen molar-refractivity contribution in [3.8, 4) is 5.88 Å². The van der Waals surface area contributed by atoms with Crippen LogP contribution >= 0.6 is 0 Å². The predicted molar refractivity (Wildman–Crippen MR) is 178 cm³/mol. The summed E-state index contributed by atoms with van der Waals surface area (Å²) in [5.41, 5.74) is -2.34. The van der Waals surface area contributed by atoms with Gasteiger partial charge in [0, 0.05) is 36.9 Å². The number of aromatic nitrogens is 1. The Morgan fingerprint density at radius 2 is 1.88 bits per heavy atom. The van der Waals surface area contributed by atoms with Gasteiger partial charge in [-0.15, -0.1) is 0 Å². The second-order valence-corrected chi connectivity index (χ2v) is 16.0. The quantitative estimate of drug-likeness (QED) is 0.379. The van der Waals surface area contributed by atoms with Gasteiger partial charge in [-0.2, -0.15) is 0 Å². The zero-order valence-electron chi connectivity index (χ0n) is 27.8. The zero-order chi connectivity index (χ0) is 35.0. The van der Waals surface area contributed by atoms with Crippen molar-refractivity contribution in [2.75, 3.05) is 19.8 Å². The SMILES string of the molecule is CC(C)(C)OC(=O)N[C@H]1CCOCCC=CC2C[C@@]2(C(=O)NS(=O)(=O)C2CC2)NC(=O)[C@@H]2CC(Oc3nccc4ccccc34)CN2C1=O. The van der Waals surface area contributed by atoms with E-state index in [0.717, 1.165) is 10.8 Å². The fraction of sp³-hybridized carbons (Fsp3) is 0.559. The maximum absolute atomic E-state index is 14.3. The van der Waals surface area contributed by atoms with Gasteiger partial charge in [-0.05, 0) is 64.0 Å². The van der Waals surface area contributed by atoms with Crippen molar-refractivity contribution >= 4 is 44.6 Å². The van der Waals surface area contributed by atoms with Crippen LogP contribution in [-0.4, -0.2) is 96.5 Å². The minimum atomic E-state index is -3.89. The maximum Gasteiger partial charge on any atom is 0.408 e. The van der Waals surface area contributed by atoms with Crippen LogP contribution in [-0.2, 0) is 33.9 Å². The van der Waals surface area contributed by atoms with Gasteiger partial charge in [-0.1, -0.05) is 30.4 Å². The number of alkyl carbamates (subject to hydrolysis) is 1. The Morgan fingerprint density at radius 1 is 1.10 bits per heavy atom. The summed E-state index contributed by atoms with van der Waals surface area (Å²) in [6, 6.07) is 7.17. The van der Waals surface area contributed by atoms with E-state index in [-0.39, 0.29) is 32.4 Å². The first-order valence-corrected chi connectivity index (χ1v) is 18.2. The molecule has 2 aromatic rings. The van der Waals surface area contributed by atoms with E-state index in [1.165, 1.54) is 4.90 Å². The smallest absolute Gasteiger partial charge is 0.408 e. The average Bonchev–Trinajstić information content (AvgIpc) is 3.96. The molecule has 264 valence electrons. The highest BCUT2D eigenvalue weighted by molar-refractivity contribution is 7.91. The van der Waals surface area contributed by atoms with Gasteiger partial charge < -0.3 is 29.7 Å². The number of benzene rings is 1. The van der Waals surface area contributed by atoms with Gasteiger partial charge in [-0.3, -0.25) is 19.1 Å². The Hall–Kier alpha value is -4.24. The Labute approximate surface area is 285 Å². The molecule has 49 heavy (non-hydrogen) atoms. The van der Waals surface area contributed by atoms with E-state index >= 15 is 0 Å². The van der Waals surface area contributed by atoms with E-state index < -0.39 is 74.3 Å². The molecule has 2 saturated carbocycles. The van der Waals surface area contributed by atoms with Crippen LogP contribution in [0.4, 0.5) is 4.79 Å². The zero-order valence-corrected chi connectivity index (χ0v) is 28.7. The molecule has 0 radical (unpaired) electrons. The van der Waals surface area contributed by atoms with Crippen LogP contribution in [0, 0.1) is 5.92 Å². The van der Waals surface area contributed by atoms with Gasteiger partial charge in [0.2, 0.25) is 27.7 Å². The van der Waals surface area contributed by atoms with Crippen molar-refractivity contribution in [1.29, 1.82) is 0 Å². The van der Waals surface area contributed by atoms with Crippen molar-refractivity contribution in [2.24, 2.45) is 5.92 Å². The number of carbonyl (C=O) groups is 4. The molecule has 1 aromatic heterocycles. The van der Waals surface area contributed by atoms with Crippen LogP contribution in [0.25, 0.3) is 10.8 Å².